The van der Waals surface area contributed by atoms with E-state index in [1.54, 1.807) is 0 Å². The molecular formula is C13H25N3. The molecule has 0 aliphatic rings. The summed E-state index contributed by atoms with van der Waals surface area (Å²) in [6, 6.07) is 0. The molecule has 1 rings (SSSR count). The van der Waals surface area contributed by atoms with Crippen molar-refractivity contribution in [3.05, 3.63) is 17.0 Å². The quantitative estimate of drug-likeness (QED) is 0.722. The van der Waals surface area contributed by atoms with Gasteiger partial charge >= 0.3 is 0 Å². The Hall–Kier alpha value is -0.830. The van der Waals surface area contributed by atoms with Gasteiger partial charge in [-0.25, -0.2) is 0 Å². The lowest BCUT2D eigenvalue weighted by Crippen LogP contribution is -2.06. The Morgan fingerprint density at radius 3 is 2.56 bits per heavy atom. The number of unbranched alkanes of at least 4 members (excludes halogenated alkanes) is 3. The van der Waals surface area contributed by atoms with E-state index >= 15 is 0 Å². The van der Waals surface area contributed by atoms with Crippen molar-refractivity contribution in [2.24, 2.45) is 5.73 Å². The van der Waals surface area contributed by atoms with Crippen LogP contribution in [0.25, 0.3) is 0 Å². The van der Waals surface area contributed by atoms with Gasteiger partial charge in [0.25, 0.3) is 0 Å². The molecule has 1 heterocycles. The molecule has 0 radical (unpaired) electrons. The van der Waals surface area contributed by atoms with E-state index in [9.17, 15) is 0 Å². The highest BCUT2D eigenvalue weighted by Crippen LogP contribution is 2.14. The molecule has 1 aromatic heterocycles. The van der Waals surface area contributed by atoms with Crippen LogP contribution in [0.1, 0.15) is 49.6 Å². The summed E-state index contributed by atoms with van der Waals surface area (Å²) in [5.41, 5.74) is 9.41. The fraction of sp³-hybridized carbons (Fsp3) is 0.769. The second-order valence-corrected chi connectivity index (χ2v) is 4.47. The first kappa shape index (κ1) is 13.2. The number of aryl methyl sites for hydroxylation is 2. The molecule has 1 aromatic rings. The molecule has 0 fully saturated rings. The zero-order chi connectivity index (χ0) is 12.0. The minimum Gasteiger partial charge on any atom is -0.330 e. The van der Waals surface area contributed by atoms with Gasteiger partial charge in [-0.1, -0.05) is 26.2 Å². The van der Waals surface area contributed by atoms with Crippen LogP contribution < -0.4 is 5.73 Å². The Balaban J connectivity index is 2.56. The fourth-order valence-electron chi connectivity index (χ4n) is 2.15. The molecule has 0 unspecified atom stereocenters. The monoisotopic (exact) mass is 223 g/mol. The maximum Gasteiger partial charge on any atom is 0.0628 e. The van der Waals surface area contributed by atoms with Crippen molar-refractivity contribution in [1.82, 2.24) is 9.78 Å². The first-order chi connectivity index (χ1) is 7.70. The predicted octanol–water partition coefficient (Wildman–Crippen LogP) is 2.58. The van der Waals surface area contributed by atoms with Crippen LogP contribution in [-0.2, 0) is 13.0 Å². The van der Waals surface area contributed by atoms with Crippen molar-refractivity contribution >= 4 is 0 Å². The number of rotatable bonds is 7. The molecule has 92 valence electrons. The predicted molar refractivity (Wildman–Crippen MR) is 68.6 cm³/mol. The van der Waals surface area contributed by atoms with Crippen LogP contribution in [0.15, 0.2) is 0 Å². The minimum atomic E-state index is 0.712. The summed E-state index contributed by atoms with van der Waals surface area (Å²) in [4.78, 5) is 0. The summed E-state index contributed by atoms with van der Waals surface area (Å²) in [6.07, 6.45) is 6.11. The number of hydrogen-bond donors (Lipinski definition) is 1. The highest BCUT2D eigenvalue weighted by molar-refractivity contribution is 5.24. The van der Waals surface area contributed by atoms with E-state index in [2.05, 4.69) is 30.6 Å². The second-order valence-electron chi connectivity index (χ2n) is 4.47. The Kier molecular flexibility index (Phi) is 5.53. The van der Waals surface area contributed by atoms with Gasteiger partial charge in [-0.05, 0) is 38.8 Å². The lowest BCUT2D eigenvalue weighted by Gasteiger charge is -2.04. The van der Waals surface area contributed by atoms with Crippen molar-refractivity contribution in [1.29, 1.82) is 0 Å². The summed E-state index contributed by atoms with van der Waals surface area (Å²) in [5.74, 6) is 0. The fourth-order valence-corrected chi connectivity index (χ4v) is 2.15. The van der Waals surface area contributed by atoms with Gasteiger partial charge in [0, 0.05) is 12.2 Å². The van der Waals surface area contributed by atoms with Crippen molar-refractivity contribution in [3.63, 3.8) is 0 Å². The number of nitrogens with two attached hydrogens (primary N) is 1. The minimum absolute atomic E-state index is 0.712. The Labute approximate surface area is 99.0 Å². The van der Waals surface area contributed by atoms with Gasteiger partial charge in [-0.15, -0.1) is 0 Å². The number of hydrogen-bond acceptors (Lipinski definition) is 2. The Bertz CT molecular complexity index is 315. The molecule has 0 amide bonds. The zero-order valence-corrected chi connectivity index (χ0v) is 10.9. The third-order valence-corrected chi connectivity index (χ3v) is 3.15. The molecule has 3 nitrogen and oxygen atoms in total. The lowest BCUT2D eigenvalue weighted by molar-refractivity contribution is 0.529. The Morgan fingerprint density at radius 1 is 1.19 bits per heavy atom. The van der Waals surface area contributed by atoms with Gasteiger partial charge in [-0.3, -0.25) is 4.68 Å². The summed E-state index contributed by atoms with van der Waals surface area (Å²) >= 11 is 0. The van der Waals surface area contributed by atoms with Crippen molar-refractivity contribution in [2.75, 3.05) is 6.54 Å². The molecule has 0 aliphatic heterocycles. The third-order valence-electron chi connectivity index (χ3n) is 3.15. The van der Waals surface area contributed by atoms with E-state index in [1.807, 2.05) is 0 Å². The van der Waals surface area contributed by atoms with Crippen LogP contribution in [0.2, 0.25) is 0 Å². The average molecular weight is 223 g/mol. The van der Waals surface area contributed by atoms with Crippen LogP contribution in [0.5, 0.6) is 0 Å². The van der Waals surface area contributed by atoms with E-state index in [0.717, 1.165) is 18.7 Å². The topological polar surface area (TPSA) is 43.8 Å². The van der Waals surface area contributed by atoms with Crippen LogP contribution in [-0.4, -0.2) is 16.3 Å². The SMILES string of the molecule is CCCCCCn1nc(C)c(CCN)c1C. The highest BCUT2D eigenvalue weighted by Gasteiger charge is 2.09. The Morgan fingerprint density at radius 2 is 1.94 bits per heavy atom. The summed E-state index contributed by atoms with van der Waals surface area (Å²) in [5, 5.41) is 4.59. The third kappa shape index (κ3) is 3.34. The summed E-state index contributed by atoms with van der Waals surface area (Å²) in [7, 11) is 0. The van der Waals surface area contributed by atoms with E-state index in [4.69, 9.17) is 5.73 Å². The van der Waals surface area contributed by atoms with Gasteiger partial charge in [0.15, 0.2) is 0 Å². The van der Waals surface area contributed by atoms with Gasteiger partial charge in [-0.2, -0.15) is 5.10 Å². The van der Waals surface area contributed by atoms with E-state index in [0.29, 0.717) is 6.54 Å². The molecule has 0 spiro atoms. The second kappa shape index (κ2) is 6.69. The van der Waals surface area contributed by atoms with Crippen molar-refractivity contribution in [2.45, 2.75) is 59.4 Å². The number of nitrogens with zero attached hydrogens (tertiary/aromatic N) is 2. The number of aromatic nitrogens is 2. The molecule has 0 aliphatic carbocycles. The molecule has 2 N–H and O–H groups in total. The van der Waals surface area contributed by atoms with Gasteiger partial charge in [0.2, 0.25) is 0 Å². The maximum absolute atomic E-state index is 5.61. The molecule has 0 aromatic carbocycles. The first-order valence-corrected chi connectivity index (χ1v) is 6.43. The largest absolute Gasteiger partial charge is 0.330 e. The lowest BCUT2D eigenvalue weighted by atomic mass is 10.1. The van der Waals surface area contributed by atoms with Gasteiger partial charge < -0.3 is 5.73 Å². The smallest absolute Gasteiger partial charge is 0.0628 e. The van der Waals surface area contributed by atoms with Crippen LogP contribution in [0.3, 0.4) is 0 Å². The highest BCUT2D eigenvalue weighted by atomic mass is 15.3. The van der Waals surface area contributed by atoms with Gasteiger partial charge in [0.05, 0.1) is 5.69 Å². The molecule has 16 heavy (non-hydrogen) atoms. The standard InChI is InChI=1S/C13H25N3/c1-4-5-6-7-10-16-12(3)13(8-9-14)11(2)15-16/h4-10,14H2,1-3H3. The van der Waals surface area contributed by atoms with E-state index in [1.165, 1.54) is 36.9 Å². The van der Waals surface area contributed by atoms with Crippen LogP contribution >= 0.6 is 0 Å². The molecule has 0 atom stereocenters. The first-order valence-electron chi connectivity index (χ1n) is 6.43. The zero-order valence-electron chi connectivity index (χ0n) is 10.9. The molecule has 0 saturated heterocycles. The summed E-state index contributed by atoms with van der Waals surface area (Å²) in [6.45, 7) is 8.24. The maximum atomic E-state index is 5.61. The molecule has 0 saturated carbocycles. The average Bonchev–Trinajstić information content (AvgIpc) is 2.53. The summed E-state index contributed by atoms with van der Waals surface area (Å²) < 4.78 is 2.15. The van der Waals surface area contributed by atoms with Crippen LogP contribution in [0.4, 0.5) is 0 Å². The molecule has 0 bridgehead atoms. The normalized spacial score (nSPS) is 11.0. The molecule has 3 heteroatoms. The van der Waals surface area contributed by atoms with E-state index in [-0.39, 0.29) is 0 Å². The van der Waals surface area contributed by atoms with Crippen molar-refractivity contribution < 1.29 is 0 Å². The molecular weight excluding hydrogens is 198 g/mol. The van der Waals surface area contributed by atoms with E-state index < -0.39 is 0 Å². The van der Waals surface area contributed by atoms with Gasteiger partial charge in [0.1, 0.15) is 0 Å². The van der Waals surface area contributed by atoms with Crippen LogP contribution in [0, 0.1) is 13.8 Å². The van der Waals surface area contributed by atoms with Crippen molar-refractivity contribution in [3.8, 4) is 0 Å².